The molecule has 0 spiro atoms. The zero-order chi connectivity index (χ0) is 18.1. The molecule has 0 fully saturated rings. The normalized spacial score (nSPS) is 11.0. The summed E-state index contributed by atoms with van der Waals surface area (Å²) in [4.78, 5) is 20.4. The van der Waals surface area contributed by atoms with Gasteiger partial charge in [-0.3, -0.25) is 9.48 Å². The van der Waals surface area contributed by atoms with E-state index in [1.54, 1.807) is 47.5 Å². The third-order valence-electron chi connectivity index (χ3n) is 3.53. The van der Waals surface area contributed by atoms with E-state index in [0.29, 0.717) is 28.2 Å². The zero-order valence-electron chi connectivity index (χ0n) is 13.2. The highest BCUT2D eigenvalue weighted by Gasteiger charge is 2.14. The standard InChI is InChI=1S/C16H11Cl2N7O/c17-11-3-2-10(8-12(11)18)9-24-7-4-13(22-24)20-15(26)14-21-16-19-5-1-6-25(16)23-14/h1-8H,9H2,(H,20,22,26). The fourth-order valence-corrected chi connectivity index (χ4v) is 2.66. The molecule has 4 aromatic rings. The van der Waals surface area contributed by atoms with E-state index in [4.69, 9.17) is 23.2 Å². The summed E-state index contributed by atoms with van der Waals surface area (Å²) in [5, 5.41) is 12.0. The monoisotopic (exact) mass is 387 g/mol. The predicted molar refractivity (Wildman–Crippen MR) is 96.5 cm³/mol. The van der Waals surface area contributed by atoms with Crippen LogP contribution in [0.2, 0.25) is 10.0 Å². The van der Waals surface area contributed by atoms with Gasteiger partial charge in [-0.2, -0.15) is 10.1 Å². The average molecular weight is 388 g/mol. The number of hydrogen-bond donors (Lipinski definition) is 1. The molecule has 1 aromatic carbocycles. The molecular formula is C16H11Cl2N7O. The van der Waals surface area contributed by atoms with Crippen molar-refractivity contribution >= 4 is 40.7 Å². The number of carbonyl (C=O) groups excluding carboxylic acids is 1. The first kappa shape index (κ1) is 16.5. The maximum atomic E-state index is 12.3. The van der Waals surface area contributed by atoms with Gasteiger partial charge in [-0.1, -0.05) is 29.3 Å². The summed E-state index contributed by atoms with van der Waals surface area (Å²) in [6.07, 6.45) is 4.99. The van der Waals surface area contributed by atoms with Crippen molar-refractivity contribution in [3.05, 3.63) is 70.4 Å². The molecule has 1 amide bonds. The van der Waals surface area contributed by atoms with Crippen LogP contribution in [0.15, 0.2) is 48.9 Å². The van der Waals surface area contributed by atoms with Crippen LogP contribution in [0.3, 0.4) is 0 Å². The molecule has 0 atom stereocenters. The van der Waals surface area contributed by atoms with Gasteiger partial charge in [-0.25, -0.2) is 9.50 Å². The molecule has 0 saturated carbocycles. The second-order valence-electron chi connectivity index (χ2n) is 5.40. The molecule has 130 valence electrons. The highest BCUT2D eigenvalue weighted by Crippen LogP contribution is 2.23. The lowest BCUT2D eigenvalue weighted by molar-refractivity contribution is 0.101. The van der Waals surface area contributed by atoms with Crippen molar-refractivity contribution in [3.8, 4) is 0 Å². The van der Waals surface area contributed by atoms with E-state index in [-0.39, 0.29) is 5.82 Å². The molecule has 0 unspecified atom stereocenters. The second kappa shape index (κ2) is 6.74. The maximum Gasteiger partial charge on any atom is 0.296 e. The van der Waals surface area contributed by atoms with Crippen LogP contribution in [0, 0.1) is 0 Å². The van der Waals surface area contributed by atoms with Crippen molar-refractivity contribution in [1.29, 1.82) is 0 Å². The SMILES string of the molecule is O=C(Nc1ccn(Cc2ccc(Cl)c(Cl)c2)n1)c1nc2ncccn2n1. The highest BCUT2D eigenvalue weighted by molar-refractivity contribution is 6.42. The summed E-state index contributed by atoms with van der Waals surface area (Å²) in [6.45, 7) is 0.489. The molecule has 0 bridgehead atoms. The quantitative estimate of drug-likeness (QED) is 0.581. The minimum Gasteiger partial charge on any atom is -0.302 e. The Morgan fingerprint density at radius 2 is 2.00 bits per heavy atom. The molecule has 0 aliphatic rings. The molecule has 8 nitrogen and oxygen atoms in total. The van der Waals surface area contributed by atoms with Gasteiger partial charge in [0, 0.05) is 24.7 Å². The number of halogens is 2. The van der Waals surface area contributed by atoms with Crippen molar-refractivity contribution in [3.63, 3.8) is 0 Å². The molecule has 0 aliphatic carbocycles. The van der Waals surface area contributed by atoms with Crippen LogP contribution < -0.4 is 5.32 Å². The van der Waals surface area contributed by atoms with Crippen molar-refractivity contribution < 1.29 is 4.79 Å². The molecule has 0 saturated heterocycles. The Hall–Kier alpha value is -2.97. The Balaban J connectivity index is 1.47. The minimum absolute atomic E-state index is 0.0164. The van der Waals surface area contributed by atoms with Gasteiger partial charge in [0.05, 0.1) is 16.6 Å². The van der Waals surface area contributed by atoms with Gasteiger partial charge < -0.3 is 5.32 Å². The van der Waals surface area contributed by atoms with Crippen LogP contribution in [-0.2, 0) is 6.54 Å². The molecule has 3 heterocycles. The maximum absolute atomic E-state index is 12.3. The van der Waals surface area contributed by atoms with E-state index in [0.717, 1.165) is 5.56 Å². The number of nitrogens with one attached hydrogen (secondary N) is 1. The fraction of sp³-hybridized carbons (Fsp3) is 0.0625. The average Bonchev–Trinajstić information content (AvgIpc) is 3.25. The van der Waals surface area contributed by atoms with Gasteiger partial charge in [0.2, 0.25) is 5.82 Å². The number of anilines is 1. The van der Waals surface area contributed by atoms with Gasteiger partial charge in [-0.15, -0.1) is 5.10 Å². The Labute approximate surface area is 157 Å². The summed E-state index contributed by atoms with van der Waals surface area (Å²) in [6, 6.07) is 8.76. The van der Waals surface area contributed by atoms with E-state index in [2.05, 4.69) is 25.5 Å². The van der Waals surface area contributed by atoms with Crippen LogP contribution in [0.5, 0.6) is 0 Å². The summed E-state index contributed by atoms with van der Waals surface area (Å²) in [7, 11) is 0. The predicted octanol–water partition coefficient (Wildman–Crippen LogP) is 2.93. The number of hydrogen-bond acceptors (Lipinski definition) is 5. The molecule has 26 heavy (non-hydrogen) atoms. The first-order valence-electron chi connectivity index (χ1n) is 7.54. The van der Waals surface area contributed by atoms with Crippen molar-refractivity contribution in [2.24, 2.45) is 0 Å². The lowest BCUT2D eigenvalue weighted by Crippen LogP contribution is -2.14. The number of aromatic nitrogens is 6. The van der Waals surface area contributed by atoms with Crippen LogP contribution in [0.1, 0.15) is 16.2 Å². The molecule has 0 aliphatic heterocycles. The third kappa shape index (κ3) is 3.37. The van der Waals surface area contributed by atoms with Crippen LogP contribution in [0.25, 0.3) is 5.78 Å². The van der Waals surface area contributed by atoms with Gasteiger partial charge in [-0.05, 0) is 23.8 Å². The second-order valence-corrected chi connectivity index (χ2v) is 6.22. The third-order valence-corrected chi connectivity index (χ3v) is 4.27. The number of carbonyl (C=O) groups is 1. The Morgan fingerprint density at radius 3 is 2.81 bits per heavy atom. The lowest BCUT2D eigenvalue weighted by Gasteiger charge is -2.04. The summed E-state index contributed by atoms with van der Waals surface area (Å²) >= 11 is 11.9. The molecule has 10 heteroatoms. The largest absolute Gasteiger partial charge is 0.302 e. The number of amides is 1. The van der Waals surface area contributed by atoms with Crippen molar-refractivity contribution in [1.82, 2.24) is 29.4 Å². The van der Waals surface area contributed by atoms with Gasteiger partial charge in [0.1, 0.15) is 0 Å². The van der Waals surface area contributed by atoms with E-state index in [1.807, 2.05) is 6.07 Å². The number of rotatable bonds is 4. The van der Waals surface area contributed by atoms with Crippen molar-refractivity contribution in [2.45, 2.75) is 6.54 Å². The zero-order valence-corrected chi connectivity index (χ0v) is 14.7. The topological polar surface area (TPSA) is 90.0 Å². The Morgan fingerprint density at radius 1 is 1.12 bits per heavy atom. The molecule has 4 rings (SSSR count). The summed E-state index contributed by atoms with van der Waals surface area (Å²) in [5.74, 6) is 0.294. The Bertz CT molecular complexity index is 1070. The van der Waals surface area contributed by atoms with E-state index < -0.39 is 5.91 Å². The number of benzene rings is 1. The van der Waals surface area contributed by atoms with E-state index in [1.165, 1.54) is 4.52 Å². The lowest BCUT2D eigenvalue weighted by atomic mass is 10.2. The summed E-state index contributed by atoms with van der Waals surface area (Å²) < 4.78 is 3.10. The molecule has 1 N–H and O–H groups in total. The van der Waals surface area contributed by atoms with Crippen molar-refractivity contribution in [2.75, 3.05) is 5.32 Å². The molecule has 0 radical (unpaired) electrons. The molecule has 3 aromatic heterocycles. The Kier molecular flexibility index (Phi) is 4.27. The van der Waals surface area contributed by atoms with E-state index >= 15 is 0 Å². The van der Waals surface area contributed by atoms with E-state index in [9.17, 15) is 4.79 Å². The van der Waals surface area contributed by atoms with Gasteiger partial charge in [0.15, 0.2) is 5.82 Å². The first-order chi connectivity index (χ1) is 12.6. The number of fused-ring (bicyclic) bond motifs is 1. The van der Waals surface area contributed by atoms with Gasteiger partial charge >= 0.3 is 0 Å². The van der Waals surface area contributed by atoms with Crippen LogP contribution in [-0.4, -0.2) is 35.3 Å². The molecular weight excluding hydrogens is 377 g/mol. The minimum atomic E-state index is -0.463. The van der Waals surface area contributed by atoms with Gasteiger partial charge in [0.25, 0.3) is 11.7 Å². The smallest absolute Gasteiger partial charge is 0.296 e. The fourth-order valence-electron chi connectivity index (χ4n) is 2.34. The van der Waals surface area contributed by atoms with Crippen LogP contribution in [0.4, 0.5) is 5.82 Å². The summed E-state index contributed by atoms with van der Waals surface area (Å²) in [5.41, 5.74) is 0.938. The first-order valence-corrected chi connectivity index (χ1v) is 8.30. The van der Waals surface area contributed by atoms with Crippen LogP contribution >= 0.6 is 23.2 Å². The number of nitrogens with zero attached hydrogens (tertiary/aromatic N) is 6. The highest BCUT2D eigenvalue weighted by atomic mass is 35.5.